The van der Waals surface area contributed by atoms with Crippen molar-refractivity contribution in [2.24, 2.45) is 0 Å². The van der Waals surface area contributed by atoms with Crippen LogP contribution >= 0.6 is 0 Å². The number of sulfonamides is 1. The van der Waals surface area contributed by atoms with Crippen LogP contribution in [0.25, 0.3) is 0 Å². The normalized spacial score (nSPS) is 11.6. The Bertz CT molecular complexity index is 731. The Morgan fingerprint density at radius 3 is 2.76 bits per heavy atom. The number of aromatic amines is 1. The predicted molar refractivity (Wildman–Crippen MR) is 73.1 cm³/mol. The highest BCUT2D eigenvalue weighted by Crippen LogP contribution is 2.20. The van der Waals surface area contributed by atoms with Gasteiger partial charge in [-0.25, -0.2) is 8.78 Å². The lowest BCUT2D eigenvalue weighted by Gasteiger charge is -2.09. The van der Waals surface area contributed by atoms with E-state index in [1.807, 2.05) is 6.92 Å². The minimum Gasteiger partial charge on any atom is -0.313 e. The molecule has 0 aliphatic carbocycles. The van der Waals surface area contributed by atoms with Crippen molar-refractivity contribution in [2.75, 3.05) is 11.3 Å². The van der Waals surface area contributed by atoms with Gasteiger partial charge in [0.2, 0.25) is 0 Å². The van der Waals surface area contributed by atoms with Gasteiger partial charge in [0.1, 0.15) is 11.6 Å². The molecule has 2 aromatic rings. The van der Waals surface area contributed by atoms with Crippen LogP contribution in [0, 0.1) is 11.6 Å². The number of nitrogens with one attached hydrogen (secondary N) is 3. The van der Waals surface area contributed by atoms with Crippen LogP contribution in [0.4, 0.5) is 14.5 Å². The maximum absolute atomic E-state index is 13.5. The van der Waals surface area contributed by atoms with Gasteiger partial charge >= 0.3 is 0 Å². The first-order chi connectivity index (χ1) is 9.94. The van der Waals surface area contributed by atoms with Crippen LogP contribution < -0.4 is 10.0 Å². The average Bonchev–Trinajstić information content (AvgIpc) is 2.89. The van der Waals surface area contributed by atoms with E-state index in [0.29, 0.717) is 24.7 Å². The van der Waals surface area contributed by atoms with Crippen LogP contribution in [0.2, 0.25) is 0 Å². The lowest BCUT2D eigenvalue weighted by molar-refractivity contribution is 0.581. The molecule has 21 heavy (non-hydrogen) atoms. The van der Waals surface area contributed by atoms with Crippen molar-refractivity contribution in [3.8, 4) is 0 Å². The van der Waals surface area contributed by atoms with Gasteiger partial charge in [-0.2, -0.15) is 13.5 Å². The van der Waals surface area contributed by atoms with Crippen LogP contribution in [-0.4, -0.2) is 25.2 Å². The molecule has 1 aromatic heterocycles. The van der Waals surface area contributed by atoms with Gasteiger partial charge in [0, 0.05) is 18.2 Å². The van der Waals surface area contributed by atoms with Crippen molar-refractivity contribution < 1.29 is 17.2 Å². The first-order valence-electron chi connectivity index (χ1n) is 6.15. The predicted octanol–water partition coefficient (Wildman–Crippen LogP) is 1.60. The summed E-state index contributed by atoms with van der Waals surface area (Å²) in [5, 5.41) is 8.86. The molecule has 0 unspecified atom stereocenters. The zero-order valence-corrected chi connectivity index (χ0v) is 12.0. The molecule has 0 bridgehead atoms. The Kier molecular flexibility index (Phi) is 4.53. The largest absolute Gasteiger partial charge is 0.313 e. The van der Waals surface area contributed by atoms with Crippen molar-refractivity contribution in [1.82, 2.24) is 15.5 Å². The zero-order valence-electron chi connectivity index (χ0n) is 11.2. The van der Waals surface area contributed by atoms with E-state index < -0.39 is 21.7 Å². The molecule has 3 N–H and O–H groups in total. The van der Waals surface area contributed by atoms with Crippen LogP contribution in [0.5, 0.6) is 0 Å². The topological polar surface area (TPSA) is 86.9 Å². The fourth-order valence-electron chi connectivity index (χ4n) is 1.69. The van der Waals surface area contributed by atoms with Crippen LogP contribution in [0.1, 0.15) is 12.5 Å². The Labute approximate surface area is 120 Å². The van der Waals surface area contributed by atoms with E-state index in [4.69, 9.17) is 0 Å². The standard InChI is InChI=1S/C12H14F2N4O2S/c1-2-15-6-8-7-16-17-12(8)21(19,20)18-11-4-3-9(13)5-10(11)14/h3-5,7,15,18H,2,6H2,1H3,(H,16,17). The number of aromatic nitrogens is 2. The minimum atomic E-state index is -4.04. The summed E-state index contributed by atoms with van der Waals surface area (Å²) in [6, 6.07) is 2.58. The summed E-state index contributed by atoms with van der Waals surface area (Å²) in [4.78, 5) is 0. The molecular weight excluding hydrogens is 302 g/mol. The van der Waals surface area contributed by atoms with Crippen molar-refractivity contribution in [1.29, 1.82) is 0 Å². The summed E-state index contributed by atoms with van der Waals surface area (Å²) >= 11 is 0. The van der Waals surface area contributed by atoms with Crippen molar-refractivity contribution in [2.45, 2.75) is 18.5 Å². The molecule has 0 aliphatic rings. The lowest BCUT2D eigenvalue weighted by Crippen LogP contribution is -2.19. The molecule has 0 spiro atoms. The summed E-state index contributed by atoms with van der Waals surface area (Å²) in [5.41, 5.74) is 0.0901. The van der Waals surface area contributed by atoms with Crippen molar-refractivity contribution in [3.05, 3.63) is 41.6 Å². The third-order valence-corrected chi connectivity index (χ3v) is 4.07. The highest BCUT2D eigenvalue weighted by molar-refractivity contribution is 7.92. The van der Waals surface area contributed by atoms with Gasteiger partial charge in [0.15, 0.2) is 5.03 Å². The van der Waals surface area contributed by atoms with E-state index >= 15 is 0 Å². The van der Waals surface area contributed by atoms with Gasteiger partial charge in [-0.05, 0) is 18.7 Å². The molecule has 1 heterocycles. The van der Waals surface area contributed by atoms with Gasteiger partial charge in [0.05, 0.1) is 11.9 Å². The molecule has 0 atom stereocenters. The molecule has 0 fully saturated rings. The highest BCUT2D eigenvalue weighted by atomic mass is 32.2. The quantitative estimate of drug-likeness (QED) is 0.755. The maximum Gasteiger partial charge on any atom is 0.279 e. The van der Waals surface area contributed by atoms with Gasteiger partial charge in [-0.1, -0.05) is 6.92 Å². The van der Waals surface area contributed by atoms with E-state index in [0.717, 1.165) is 12.1 Å². The molecular formula is C12H14F2N4O2S. The summed E-state index contributed by atoms with van der Waals surface area (Å²) in [7, 11) is -4.04. The van der Waals surface area contributed by atoms with E-state index in [9.17, 15) is 17.2 Å². The van der Waals surface area contributed by atoms with Crippen molar-refractivity contribution in [3.63, 3.8) is 0 Å². The number of nitrogens with zero attached hydrogens (tertiary/aromatic N) is 1. The fourth-order valence-corrected chi connectivity index (χ4v) is 2.89. The second-order valence-electron chi connectivity index (χ2n) is 4.23. The summed E-state index contributed by atoms with van der Waals surface area (Å²) in [5.74, 6) is -1.78. The zero-order chi connectivity index (χ0) is 15.5. The second kappa shape index (κ2) is 6.19. The van der Waals surface area contributed by atoms with E-state index in [1.54, 1.807) is 0 Å². The molecule has 9 heteroatoms. The fraction of sp³-hybridized carbons (Fsp3) is 0.250. The van der Waals surface area contributed by atoms with Gasteiger partial charge in [0.25, 0.3) is 10.0 Å². The smallest absolute Gasteiger partial charge is 0.279 e. The molecule has 114 valence electrons. The molecule has 6 nitrogen and oxygen atoms in total. The van der Waals surface area contributed by atoms with E-state index in [2.05, 4.69) is 20.2 Å². The molecule has 0 saturated carbocycles. The molecule has 0 saturated heterocycles. The SMILES string of the molecule is CCNCc1cn[nH]c1S(=O)(=O)Nc1ccc(F)cc1F. The average molecular weight is 316 g/mol. The monoisotopic (exact) mass is 316 g/mol. The third-order valence-electron chi connectivity index (χ3n) is 2.69. The number of anilines is 1. The Morgan fingerprint density at radius 1 is 1.33 bits per heavy atom. The first-order valence-corrected chi connectivity index (χ1v) is 7.63. The Morgan fingerprint density at radius 2 is 2.10 bits per heavy atom. The van der Waals surface area contributed by atoms with Gasteiger partial charge in [-0.3, -0.25) is 9.82 Å². The number of halogens is 2. The molecule has 0 radical (unpaired) electrons. The number of hydrogen-bond donors (Lipinski definition) is 3. The lowest BCUT2D eigenvalue weighted by atomic mass is 10.3. The highest BCUT2D eigenvalue weighted by Gasteiger charge is 2.22. The number of H-pyrrole nitrogens is 1. The van der Waals surface area contributed by atoms with E-state index in [-0.39, 0.29) is 10.7 Å². The minimum absolute atomic E-state index is 0.160. The molecule has 1 aromatic carbocycles. The molecule has 0 amide bonds. The van der Waals surface area contributed by atoms with Crippen LogP contribution in [0.3, 0.4) is 0 Å². The number of rotatable bonds is 6. The van der Waals surface area contributed by atoms with E-state index in [1.165, 1.54) is 6.20 Å². The summed E-state index contributed by atoms with van der Waals surface area (Å²) < 4.78 is 52.8. The second-order valence-corrected chi connectivity index (χ2v) is 5.85. The maximum atomic E-state index is 13.5. The van der Waals surface area contributed by atoms with Gasteiger partial charge in [-0.15, -0.1) is 0 Å². The van der Waals surface area contributed by atoms with Gasteiger partial charge < -0.3 is 5.32 Å². The Hall–Kier alpha value is -2.00. The third kappa shape index (κ3) is 3.56. The van der Waals surface area contributed by atoms with Crippen LogP contribution in [-0.2, 0) is 16.6 Å². The first kappa shape index (κ1) is 15.4. The van der Waals surface area contributed by atoms with Crippen molar-refractivity contribution >= 4 is 15.7 Å². The Balaban J connectivity index is 2.28. The molecule has 2 rings (SSSR count). The number of benzene rings is 1. The summed E-state index contributed by atoms with van der Waals surface area (Å²) in [6.45, 7) is 2.83. The molecule has 0 aliphatic heterocycles. The number of hydrogen-bond acceptors (Lipinski definition) is 4. The van der Waals surface area contributed by atoms with Crippen LogP contribution in [0.15, 0.2) is 29.4 Å². The summed E-state index contributed by atoms with van der Waals surface area (Å²) in [6.07, 6.45) is 1.37.